The fraction of sp³-hybridized carbons (Fsp3) is 0.438. The van der Waals surface area contributed by atoms with E-state index in [2.05, 4.69) is 5.32 Å². The van der Waals surface area contributed by atoms with Crippen molar-refractivity contribution in [2.45, 2.75) is 19.4 Å². The Morgan fingerprint density at radius 3 is 2.73 bits per heavy atom. The highest BCUT2D eigenvalue weighted by Crippen LogP contribution is 2.24. The highest BCUT2D eigenvalue weighted by atomic mass is 16.2. The summed E-state index contributed by atoms with van der Waals surface area (Å²) in [6.45, 7) is 3.31. The zero-order valence-corrected chi connectivity index (χ0v) is 12.8. The molecular weight excluding hydrogens is 282 g/mol. The van der Waals surface area contributed by atoms with Crippen LogP contribution in [0.25, 0.3) is 0 Å². The van der Waals surface area contributed by atoms with E-state index in [1.54, 1.807) is 30.1 Å². The number of carbonyl (C=O) groups is 3. The van der Waals surface area contributed by atoms with Crippen molar-refractivity contribution in [1.29, 1.82) is 0 Å². The number of benzene rings is 1. The lowest BCUT2D eigenvalue weighted by molar-refractivity contribution is -0.131. The van der Waals surface area contributed by atoms with Crippen molar-refractivity contribution in [3.63, 3.8) is 0 Å². The van der Waals surface area contributed by atoms with E-state index in [0.29, 0.717) is 11.1 Å². The minimum absolute atomic E-state index is 0.130. The van der Waals surface area contributed by atoms with Gasteiger partial charge in [0.05, 0.1) is 11.1 Å². The molecule has 1 unspecified atom stereocenters. The fourth-order valence-corrected chi connectivity index (χ4v) is 2.97. The number of amides is 3. The summed E-state index contributed by atoms with van der Waals surface area (Å²) >= 11 is 0. The molecule has 6 heteroatoms. The number of rotatable bonds is 3. The summed E-state index contributed by atoms with van der Waals surface area (Å²) in [7, 11) is 1.72. The van der Waals surface area contributed by atoms with Gasteiger partial charge in [-0.3, -0.25) is 19.3 Å². The number of likely N-dealkylation sites (N-methyl/N-ethyl adjacent to an activating group) is 1. The molecule has 116 valence electrons. The molecule has 6 nitrogen and oxygen atoms in total. The minimum atomic E-state index is -0.383. The number of aryl methyl sites for hydroxylation is 1. The molecular formula is C16H19N3O3. The lowest BCUT2D eigenvalue weighted by Crippen LogP contribution is -2.45. The largest absolute Gasteiger partial charge is 0.340 e. The standard InChI is InChI=1S/C16H19N3O3/c1-10-3-4-12-13(7-10)16(22)19(15(12)21)9-14(20)18(2)11-5-6-17-8-11/h3-4,7,11,17H,5-6,8-9H2,1-2H3. The molecule has 2 aliphatic rings. The van der Waals surface area contributed by atoms with Gasteiger partial charge < -0.3 is 10.2 Å². The lowest BCUT2D eigenvalue weighted by Gasteiger charge is -2.25. The summed E-state index contributed by atoms with van der Waals surface area (Å²) in [5.74, 6) is -0.971. The zero-order valence-electron chi connectivity index (χ0n) is 12.8. The monoisotopic (exact) mass is 301 g/mol. The summed E-state index contributed by atoms with van der Waals surface area (Å²) in [5.41, 5.74) is 1.69. The average molecular weight is 301 g/mol. The SMILES string of the molecule is Cc1ccc2c(c1)C(=O)N(CC(=O)N(C)C1CCNC1)C2=O. The highest BCUT2D eigenvalue weighted by Gasteiger charge is 2.37. The second-order valence-corrected chi connectivity index (χ2v) is 5.90. The van der Waals surface area contributed by atoms with Crippen LogP contribution < -0.4 is 5.32 Å². The number of hydrogen-bond acceptors (Lipinski definition) is 4. The van der Waals surface area contributed by atoms with Gasteiger partial charge in [0.1, 0.15) is 6.54 Å². The van der Waals surface area contributed by atoms with Crippen molar-refractivity contribution in [2.75, 3.05) is 26.7 Å². The first-order chi connectivity index (χ1) is 10.5. The second-order valence-electron chi connectivity index (χ2n) is 5.90. The molecule has 1 fully saturated rings. The highest BCUT2D eigenvalue weighted by molar-refractivity contribution is 6.22. The van der Waals surface area contributed by atoms with Crippen LogP contribution in [0.1, 0.15) is 32.7 Å². The Morgan fingerprint density at radius 2 is 2.05 bits per heavy atom. The van der Waals surface area contributed by atoms with Gasteiger partial charge in [0.2, 0.25) is 5.91 Å². The van der Waals surface area contributed by atoms with E-state index in [4.69, 9.17) is 0 Å². The van der Waals surface area contributed by atoms with E-state index in [9.17, 15) is 14.4 Å². The summed E-state index contributed by atoms with van der Waals surface area (Å²) in [6, 6.07) is 5.28. The Kier molecular flexibility index (Phi) is 3.70. The third-order valence-corrected chi connectivity index (χ3v) is 4.39. The molecule has 3 amide bonds. The number of hydrogen-bond donors (Lipinski definition) is 1. The van der Waals surface area contributed by atoms with Gasteiger partial charge in [0, 0.05) is 19.6 Å². The Bertz CT molecular complexity index is 650. The minimum Gasteiger partial charge on any atom is -0.340 e. The van der Waals surface area contributed by atoms with Gasteiger partial charge >= 0.3 is 0 Å². The molecule has 2 aliphatic heterocycles. The quantitative estimate of drug-likeness (QED) is 0.821. The molecule has 0 saturated carbocycles. The number of nitrogens with zero attached hydrogens (tertiary/aromatic N) is 2. The van der Waals surface area contributed by atoms with Crippen molar-refractivity contribution in [2.24, 2.45) is 0 Å². The number of fused-ring (bicyclic) bond motifs is 1. The van der Waals surface area contributed by atoms with E-state index >= 15 is 0 Å². The van der Waals surface area contributed by atoms with Gasteiger partial charge in [0.15, 0.2) is 0 Å². The number of carbonyl (C=O) groups excluding carboxylic acids is 3. The summed E-state index contributed by atoms with van der Waals surface area (Å²) in [6.07, 6.45) is 0.892. The Morgan fingerprint density at radius 1 is 1.32 bits per heavy atom. The molecule has 1 aromatic rings. The van der Waals surface area contributed by atoms with Crippen LogP contribution in [0.4, 0.5) is 0 Å². The number of nitrogens with one attached hydrogen (secondary N) is 1. The van der Waals surface area contributed by atoms with E-state index in [0.717, 1.165) is 30.0 Å². The van der Waals surface area contributed by atoms with Crippen LogP contribution in [0.3, 0.4) is 0 Å². The van der Waals surface area contributed by atoms with Crippen LogP contribution in [0, 0.1) is 6.92 Å². The van der Waals surface area contributed by atoms with Crippen LogP contribution in [-0.2, 0) is 4.79 Å². The number of imide groups is 1. The summed E-state index contributed by atoms with van der Waals surface area (Å²) in [5, 5.41) is 3.20. The molecule has 1 N–H and O–H groups in total. The molecule has 0 aromatic heterocycles. The van der Waals surface area contributed by atoms with Crippen LogP contribution in [-0.4, -0.2) is 60.2 Å². The maximum atomic E-state index is 12.4. The second kappa shape index (κ2) is 5.53. The van der Waals surface area contributed by atoms with Crippen LogP contribution in [0.5, 0.6) is 0 Å². The van der Waals surface area contributed by atoms with Gasteiger partial charge in [0.25, 0.3) is 11.8 Å². The lowest BCUT2D eigenvalue weighted by atomic mass is 10.1. The maximum absolute atomic E-state index is 12.4. The topological polar surface area (TPSA) is 69.7 Å². The van der Waals surface area contributed by atoms with Gasteiger partial charge in [-0.15, -0.1) is 0 Å². The molecule has 0 spiro atoms. The van der Waals surface area contributed by atoms with Gasteiger partial charge in [-0.05, 0) is 32.0 Å². The van der Waals surface area contributed by atoms with Crippen LogP contribution in [0.2, 0.25) is 0 Å². The molecule has 22 heavy (non-hydrogen) atoms. The molecule has 0 bridgehead atoms. The average Bonchev–Trinajstić information content (AvgIpc) is 3.10. The summed E-state index contributed by atoms with van der Waals surface area (Å²) in [4.78, 5) is 39.7. The maximum Gasteiger partial charge on any atom is 0.262 e. The first kappa shape index (κ1) is 14.7. The Hall–Kier alpha value is -2.21. The fourth-order valence-electron chi connectivity index (χ4n) is 2.97. The van der Waals surface area contributed by atoms with E-state index in [-0.39, 0.29) is 30.3 Å². The van der Waals surface area contributed by atoms with E-state index in [1.807, 2.05) is 6.92 Å². The predicted octanol–water partition coefficient (Wildman–Crippen LogP) is 0.411. The van der Waals surface area contributed by atoms with Gasteiger partial charge in [-0.25, -0.2) is 0 Å². The Balaban J connectivity index is 1.75. The first-order valence-electron chi connectivity index (χ1n) is 7.42. The van der Waals surface area contributed by atoms with E-state index < -0.39 is 0 Å². The normalized spacial score (nSPS) is 20.5. The molecule has 1 saturated heterocycles. The van der Waals surface area contributed by atoms with Gasteiger partial charge in [-0.1, -0.05) is 11.6 Å². The van der Waals surface area contributed by atoms with Crippen molar-refractivity contribution in [3.05, 3.63) is 34.9 Å². The molecule has 1 atom stereocenters. The van der Waals surface area contributed by atoms with Crippen molar-refractivity contribution < 1.29 is 14.4 Å². The van der Waals surface area contributed by atoms with Gasteiger partial charge in [-0.2, -0.15) is 0 Å². The smallest absolute Gasteiger partial charge is 0.262 e. The van der Waals surface area contributed by atoms with Crippen LogP contribution in [0.15, 0.2) is 18.2 Å². The molecule has 3 rings (SSSR count). The molecule has 0 aliphatic carbocycles. The van der Waals surface area contributed by atoms with Crippen molar-refractivity contribution in [3.8, 4) is 0 Å². The third kappa shape index (κ3) is 2.39. The zero-order chi connectivity index (χ0) is 15.9. The molecule has 0 radical (unpaired) electrons. The predicted molar refractivity (Wildman–Crippen MR) is 80.6 cm³/mol. The van der Waals surface area contributed by atoms with Crippen LogP contribution >= 0.6 is 0 Å². The molecule has 2 heterocycles. The Labute approximate surface area is 129 Å². The third-order valence-electron chi connectivity index (χ3n) is 4.39. The molecule has 1 aromatic carbocycles. The van der Waals surface area contributed by atoms with E-state index in [1.165, 1.54) is 0 Å². The first-order valence-corrected chi connectivity index (χ1v) is 7.42. The van der Waals surface area contributed by atoms with Crippen molar-refractivity contribution in [1.82, 2.24) is 15.1 Å². The van der Waals surface area contributed by atoms with Crippen molar-refractivity contribution >= 4 is 17.7 Å². The summed E-state index contributed by atoms with van der Waals surface area (Å²) < 4.78 is 0.